The van der Waals surface area contributed by atoms with Gasteiger partial charge in [-0.3, -0.25) is 0 Å². The zero-order valence-electron chi connectivity index (χ0n) is 14.2. The summed E-state index contributed by atoms with van der Waals surface area (Å²) in [7, 11) is 1.78. The molecule has 0 radical (unpaired) electrons. The van der Waals surface area contributed by atoms with Gasteiger partial charge < -0.3 is 9.47 Å². The van der Waals surface area contributed by atoms with E-state index in [9.17, 15) is 0 Å². The summed E-state index contributed by atoms with van der Waals surface area (Å²) < 4.78 is 13.2. The predicted octanol–water partition coefficient (Wildman–Crippen LogP) is 5.57. The summed E-state index contributed by atoms with van der Waals surface area (Å²) >= 11 is 3.72. The van der Waals surface area contributed by atoms with Crippen molar-refractivity contribution in [2.75, 3.05) is 7.11 Å². The van der Waals surface area contributed by atoms with Crippen molar-refractivity contribution >= 4 is 15.9 Å². The molecule has 0 fully saturated rings. The first-order valence-electron chi connectivity index (χ1n) is 8.04. The largest absolute Gasteiger partial charge is 0.488 e. The normalized spacial score (nSPS) is 19.4. The van der Waals surface area contributed by atoms with Crippen LogP contribution in [-0.4, -0.2) is 7.11 Å². The van der Waals surface area contributed by atoms with Crippen LogP contribution in [0.25, 0.3) is 0 Å². The third kappa shape index (κ3) is 2.92. The Kier molecular flexibility index (Phi) is 4.52. The molecule has 0 amide bonds. The maximum Gasteiger partial charge on any atom is 0.129 e. The second kappa shape index (κ2) is 6.29. The van der Waals surface area contributed by atoms with E-state index in [-0.39, 0.29) is 5.60 Å². The van der Waals surface area contributed by atoms with Gasteiger partial charge in [-0.1, -0.05) is 60.1 Å². The summed E-state index contributed by atoms with van der Waals surface area (Å²) in [5, 5.41) is 0. The van der Waals surface area contributed by atoms with Crippen molar-refractivity contribution in [1.82, 2.24) is 0 Å². The predicted molar refractivity (Wildman–Crippen MR) is 97.1 cm³/mol. The number of halogens is 1. The fourth-order valence-electron chi connectivity index (χ4n) is 3.23. The van der Waals surface area contributed by atoms with Crippen molar-refractivity contribution in [2.45, 2.75) is 45.3 Å². The topological polar surface area (TPSA) is 18.5 Å². The first-order valence-corrected chi connectivity index (χ1v) is 8.83. The van der Waals surface area contributed by atoms with Crippen molar-refractivity contribution in [3.8, 4) is 5.75 Å². The molecule has 0 aliphatic heterocycles. The smallest absolute Gasteiger partial charge is 0.129 e. The first-order chi connectivity index (χ1) is 11.0. The molecular weight excluding hydrogens is 352 g/mol. The number of methoxy groups -OCH3 is 1. The molecule has 0 bridgehead atoms. The lowest BCUT2D eigenvalue weighted by Gasteiger charge is -2.42. The number of ether oxygens (including phenoxy) is 2. The first kappa shape index (κ1) is 16.5. The molecule has 23 heavy (non-hydrogen) atoms. The number of hydrogen-bond donors (Lipinski definition) is 0. The van der Waals surface area contributed by atoms with E-state index in [1.807, 2.05) is 18.2 Å². The van der Waals surface area contributed by atoms with Gasteiger partial charge in [0.15, 0.2) is 0 Å². The van der Waals surface area contributed by atoms with Crippen LogP contribution in [0.4, 0.5) is 0 Å². The number of benzene rings is 2. The van der Waals surface area contributed by atoms with Gasteiger partial charge in [0.25, 0.3) is 0 Å². The highest BCUT2D eigenvalue weighted by atomic mass is 79.9. The van der Waals surface area contributed by atoms with Crippen LogP contribution < -0.4 is 4.74 Å². The zero-order chi connectivity index (χ0) is 16.6. The molecule has 0 saturated heterocycles. The van der Waals surface area contributed by atoms with Gasteiger partial charge in [-0.2, -0.15) is 0 Å². The van der Waals surface area contributed by atoms with Gasteiger partial charge in [0.1, 0.15) is 12.4 Å². The quantitative estimate of drug-likeness (QED) is 0.680. The summed E-state index contributed by atoms with van der Waals surface area (Å²) in [5.74, 6) is 1.39. The molecule has 1 aliphatic rings. The van der Waals surface area contributed by atoms with Crippen molar-refractivity contribution in [3.63, 3.8) is 0 Å². The summed E-state index contributed by atoms with van der Waals surface area (Å²) in [6.07, 6.45) is 0.916. The number of rotatable bonds is 5. The Morgan fingerprint density at radius 1 is 1.22 bits per heavy atom. The fourth-order valence-corrected chi connectivity index (χ4v) is 3.81. The highest BCUT2D eigenvalue weighted by Gasteiger charge is 2.44. The van der Waals surface area contributed by atoms with Gasteiger partial charge in [0.05, 0.1) is 5.60 Å². The van der Waals surface area contributed by atoms with Gasteiger partial charge in [-0.25, -0.2) is 0 Å². The van der Waals surface area contributed by atoms with E-state index >= 15 is 0 Å². The maximum absolute atomic E-state index is 6.30. The van der Waals surface area contributed by atoms with Crippen LogP contribution in [0.3, 0.4) is 0 Å². The average molecular weight is 375 g/mol. The van der Waals surface area contributed by atoms with Gasteiger partial charge >= 0.3 is 0 Å². The Labute approximate surface area is 146 Å². The fraction of sp³-hybridized carbons (Fsp3) is 0.400. The lowest BCUT2D eigenvalue weighted by atomic mass is 9.72. The molecular formula is C20H23BrO2. The monoisotopic (exact) mass is 374 g/mol. The molecule has 0 saturated carbocycles. The van der Waals surface area contributed by atoms with E-state index < -0.39 is 0 Å². The molecule has 3 rings (SSSR count). The molecule has 0 aromatic heterocycles. The Bertz CT molecular complexity index is 709. The third-order valence-corrected chi connectivity index (χ3v) is 5.41. The molecule has 1 aliphatic carbocycles. The van der Waals surface area contributed by atoms with Crippen LogP contribution in [0, 0.1) is 0 Å². The third-order valence-electron chi connectivity index (χ3n) is 4.70. The molecule has 0 heterocycles. The minimum absolute atomic E-state index is 0.255. The summed E-state index contributed by atoms with van der Waals surface area (Å²) in [6.45, 7) is 7.12. The highest BCUT2D eigenvalue weighted by molar-refractivity contribution is 9.10. The van der Waals surface area contributed by atoms with E-state index in [1.54, 1.807) is 7.11 Å². The highest BCUT2D eigenvalue weighted by Crippen LogP contribution is 2.52. The van der Waals surface area contributed by atoms with E-state index in [4.69, 9.17) is 9.47 Å². The summed E-state index contributed by atoms with van der Waals surface area (Å²) in [5.41, 5.74) is 4.66. The molecule has 1 atom stereocenters. The van der Waals surface area contributed by atoms with Crippen LogP contribution >= 0.6 is 15.9 Å². The zero-order valence-corrected chi connectivity index (χ0v) is 15.7. The number of hydrogen-bond acceptors (Lipinski definition) is 2. The minimum atomic E-state index is -0.255. The van der Waals surface area contributed by atoms with Crippen molar-refractivity contribution < 1.29 is 9.47 Å². The van der Waals surface area contributed by atoms with E-state index in [0.717, 1.165) is 16.6 Å². The molecule has 122 valence electrons. The Balaban J connectivity index is 2.02. The van der Waals surface area contributed by atoms with Crippen LogP contribution in [-0.2, 0) is 23.4 Å². The van der Waals surface area contributed by atoms with Crippen molar-refractivity contribution in [3.05, 3.63) is 63.1 Å². The standard InChI is InChI=1S/C20H23BrO2/c1-13(2)15-10-17(21)16-11-20(3,22-4)18(16)19(15)23-12-14-8-6-5-7-9-14/h5-10,13H,11-12H2,1-4H3. The van der Waals surface area contributed by atoms with E-state index in [1.165, 1.54) is 22.3 Å². The number of fused-ring (bicyclic) bond motifs is 1. The van der Waals surface area contributed by atoms with Crippen LogP contribution in [0.15, 0.2) is 40.9 Å². The SMILES string of the molecule is COC1(C)Cc2c(Br)cc(C(C)C)c(OCc3ccccc3)c21. The lowest BCUT2D eigenvalue weighted by Crippen LogP contribution is -2.39. The molecule has 1 unspecified atom stereocenters. The van der Waals surface area contributed by atoms with Crippen molar-refractivity contribution in [1.29, 1.82) is 0 Å². The minimum Gasteiger partial charge on any atom is -0.488 e. The van der Waals surface area contributed by atoms with Gasteiger partial charge in [-0.15, -0.1) is 0 Å². The molecule has 2 aromatic rings. The van der Waals surface area contributed by atoms with Crippen molar-refractivity contribution in [2.24, 2.45) is 0 Å². The van der Waals surface area contributed by atoms with E-state index in [2.05, 4.69) is 54.9 Å². The average Bonchev–Trinajstić information content (AvgIpc) is 2.54. The molecule has 0 spiro atoms. The van der Waals surface area contributed by atoms with Gasteiger partial charge in [-0.05, 0) is 35.6 Å². The van der Waals surface area contributed by atoms with Gasteiger partial charge in [0, 0.05) is 23.6 Å². The Morgan fingerprint density at radius 2 is 1.91 bits per heavy atom. The second-order valence-corrected chi connectivity index (χ2v) is 7.53. The Morgan fingerprint density at radius 3 is 2.52 bits per heavy atom. The molecule has 3 heteroatoms. The van der Waals surface area contributed by atoms with Crippen LogP contribution in [0.5, 0.6) is 5.75 Å². The van der Waals surface area contributed by atoms with Crippen LogP contribution in [0.2, 0.25) is 0 Å². The van der Waals surface area contributed by atoms with Gasteiger partial charge in [0.2, 0.25) is 0 Å². The second-order valence-electron chi connectivity index (χ2n) is 6.67. The van der Waals surface area contributed by atoms with Crippen LogP contribution in [0.1, 0.15) is 48.9 Å². The summed E-state index contributed by atoms with van der Waals surface area (Å²) in [6, 6.07) is 12.5. The lowest BCUT2D eigenvalue weighted by molar-refractivity contribution is -0.0215. The summed E-state index contributed by atoms with van der Waals surface area (Å²) in [4.78, 5) is 0. The van der Waals surface area contributed by atoms with E-state index in [0.29, 0.717) is 12.5 Å². The molecule has 0 N–H and O–H groups in total. The maximum atomic E-state index is 6.30. The molecule has 2 aromatic carbocycles. The molecule has 2 nitrogen and oxygen atoms in total. The Hall–Kier alpha value is -1.32.